The Morgan fingerprint density at radius 1 is 1.47 bits per heavy atom. The maximum atomic E-state index is 11.8. The number of pyridine rings is 1. The van der Waals surface area contributed by atoms with Gasteiger partial charge in [0.25, 0.3) is 5.91 Å². The lowest BCUT2D eigenvalue weighted by molar-refractivity contribution is 0.0952. The number of unbranched alkanes of at least 4 members (excludes halogenated alkanes) is 1. The zero-order chi connectivity index (χ0) is 12.7. The molecule has 0 saturated carbocycles. The summed E-state index contributed by atoms with van der Waals surface area (Å²) in [4.78, 5) is 17.8. The van der Waals surface area contributed by atoms with E-state index in [0.29, 0.717) is 18.5 Å². The van der Waals surface area contributed by atoms with E-state index >= 15 is 0 Å². The van der Waals surface area contributed by atoms with Crippen molar-refractivity contribution in [1.82, 2.24) is 10.3 Å². The van der Waals surface area contributed by atoms with Crippen molar-refractivity contribution in [3.8, 4) is 0 Å². The number of nitrogens with one attached hydrogen (secondary N) is 1. The summed E-state index contributed by atoms with van der Waals surface area (Å²) in [5, 5.41) is 11.4. The highest BCUT2D eigenvalue weighted by Gasteiger charge is 2.06. The van der Waals surface area contributed by atoms with Crippen LogP contribution in [0.5, 0.6) is 0 Å². The lowest BCUT2D eigenvalue weighted by atomic mass is 10.2. The summed E-state index contributed by atoms with van der Waals surface area (Å²) in [6.45, 7) is 0.745. The zero-order valence-corrected chi connectivity index (χ0v) is 10.3. The minimum absolute atomic E-state index is 0.103. The van der Waals surface area contributed by atoms with Crippen molar-refractivity contribution >= 4 is 11.7 Å². The molecule has 17 heavy (non-hydrogen) atoms. The van der Waals surface area contributed by atoms with Gasteiger partial charge < -0.3 is 15.3 Å². The highest BCUT2D eigenvalue weighted by Crippen LogP contribution is 2.09. The molecule has 0 radical (unpaired) electrons. The zero-order valence-electron chi connectivity index (χ0n) is 10.3. The first-order valence-electron chi connectivity index (χ1n) is 5.67. The van der Waals surface area contributed by atoms with E-state index in [4.69, 9.17) is 5.11 Å². The second kappa shape index (κ2) is 6.85. The Morgan fingerprint density at radius 3 is 2.88 bits per heavy atom. The van der Waals surface area contributed by atoms with Crippen LogP contribution in [-0.4, -0.2) is 43.2 Å². The molecular formula is C12H19N3O2. The molecule has 1 heterocycles. The summed E-state index contributed by atoms with van der Waals surface area (Å²) >= 11 is 0. The van der Waals surface area contributed by atoms with Crippen LogP contribution in [-0.2, 0) is 0 Å². The Kier molecular flexibility index (Phi) is 5.42. The predicted molar refractivity (Wildman–Crippen MR) is 67.2 cm³/mol. The maximum Gasteiger partial charge on any atom is 0.251 e. The molecule has 0 atom stereocenters. The van der Waals surface area contributed by atoms with E-state index in [2.05, 4.69) is 10.3 Å². The van der Waals surface area contributed by atoms with Crippen LogP contribution in [0.4, 0.5) is 5.82 Å². The maximum absolute atomic E-state index is 11.8. The largest absolute Gasteiger partial charge is 0.396 e. The van der Waals surface area contributed by atoms with Gasteiger partial charge in [-0.05, 0) is 25.0 Å². The number of hydrogen-bond acceptors (Lipinski definition) is 4. The number of aliphatic hydroxyl groups excluding tert-OH is 1. The van der Waals surface area contributed by atoms with E-state index in [9.17, 15) is 4.79 Å². The fraction of sp³-hybridized carbons (Fsp3) is 0.500. The Labute approximate surface area is 101 Å². The Balaban J connectivity index is 2.53. The number of rotatable bonds is 6. The lowest BCUT2D eigenvalue weighted by Gasteiger charge is -2.12. The second-order valence-electron chi connectivity index (χ2n) is 3.98. The molecule has 5 nitrogen and oxygen atoms in total. The molecule has 5 heteroatoms. The van der Waals surface area contributed by atoms with E-state index in [1.807, 2.05) is 19.0 Å². The summed E-state index contributed by atoms with van der Waals surface area (Å²) in [5.74, 6) is 0.654. The van der Waals surface area contributed by atoms with Gasteiger partial charge in [0.15, 0.2) is 0 Å². The number of aromatic nitrogens is 1. The highest BCUT2D eigenvalue weighted by atomic mass is 16.2. The first-order chi connectivity index (χ1) is 8.15. The molecule has 0 saturated heterocycles. The predicted octanol–water partition coefficient (Wildman–Crippen LogP) is 0.650. The van der Waals surface area contributed by atoms with Crippen LogP contribution >= 0.6 is 0 Å². The van der Waals surface area contributed by atoms with Gasteiger partial charge in [-0.25, -0.2) is 4.98 Å². The summed E-state index contributed by atoms with van der Waals surface area (Å²) in [6.07, 6.45) is 3.12. The molecule has 1 amide bonds. The van der Waals surface area contributed by atoms with Crippen molar-refractivity contribution in [1.29, 1.82) is 0 Å². The van der Waals surface area contributed by atoms with Gasteiger partial charge in [-0.15, -0.1) is 0 Å². The summed E-state index contributed by atoms with van der Waals surface area (Å²) in [5.41, 5.74) is 0.604. The molecule has 0 bridgehead atoms. The molecule has 94 valence electrons. The van der Waals surface area contributed by atoms with Crippen LogP contribution < -0.4 is 10.2 Å². The number of anilines is 1. The standard InChI is InChI=1S/C12H19N3O2/c1-15(2)11-9-10(5-7-13-11)12(17)14-6-3-4-8-16/h5,7,9,16H,3-4,6,8H2,1-2H3,(H,14,17). The summed E-state index contributed by atoms with van der Waals surface area (Å²) < 4.78 is 0. The molecule has 0 aliphatic rings. The Morgan fingerprint density at radius 2 is 2.24 bits per heavy atom. The number of hydrogen-bond donors (Lipinski definition) is 2. The minimum atomic E-state index is -0.103. The van der Waals surface area contributed by atoms with Gasteiger partial charge in [0.05, 0.1) is 0 Å². The van der Waals surface area contributed by atoms with Gasteiger partial charge >= 0.3 is 0 Å². The number of amides is 1. The van der Waals surface area contributed by atoms with Crippen LogP contribution in [0.15, 0.2) is 18.3 Å². The van der Waals surface area contributed by atoms with Crippen LogP contribution in [0.2, 0.25) is 0 Å². The lowest BCUT2D eigenvalue weighted by Crippen LogP contribution is -2.25. The molecule has 1 aromatic heterocycles. The highest BCUT2D eigenvalue weighted by molar-refractivity contribution is 5.94. The smallest absolute Gasteiger partial charge is 0.251 e. The first-order valence-corrected chi connectivity index (χ1v) is 5.67. The van der Waals surface area contributed by atoms with Crippen LogP contribution in [0.25, 0.3) is 0 Å². The SMILES string of the molecule is CN(C)c1cc(C(=O)NCCCCO)ccn1. The molecule has 1 rings (SSSR count). The van der Waals surface area contributed by atoms with E-state index in [0.717, 1.165) is 12.2 Å². The molecule has 0 spiro atoms. The van der Waals surface area contributed by atoms with Gasteiger partial charge in [0, 0.05) is 39.0 Å². The third-order valence-corrected chi connectivity index (χ3v) is 2.34. The van der Waals surface area contributed by atoms with Gasteiger partial charge in [-0.3, -0.25) is 4.79 Å². The molecule has 0 unspecified atom stereocenters. The van der Waals surface area contributed by atoms with Crippen molar-refractivity contribution in [2.75, 3.05) is 32.1 Å². The van der Waals surface area contributed by atoms with Gasteiger partial charge in [0.2, 0.25) is 0 Å². The fourth-order valence-corrected chi connectivity index (χ4v) is 1.34. The molecule has 0 aliphatic carbocycles. The van der Waals surface area contributed by atoms with E-state index < -0.39 is 0 Å². The summed E-state index contributed by atoms with van der Waals surface area (Å²) in [7, 11) is 3.76. The third-order valence-electron chi connectivity index (χ3n) is 2.34. The van der Waals surface area contributed by atoms with E-state index in [1.54, 1.807) is 18.3 Å². The topological polar surface area (TPSA) is 65.5 Å². The molecular weight excluding hydrogens is 218 g/mol. The van der Waals surface area contributed by atoms with Crippen molar-refractivity contribution < 1.29 is 9.90 Å². The van der Waals surface area contributed by atoms with Crippen LogP contribution in [0.3, 0.4) is 0 Å². The van der Waals surface area contributed by atoms with Crippen LogP contribution in [0.1, 0.15) is 23.2 Å². The monoisotopic (exact) mass is 237 g/mol. The van der Waals surface area contributed by atoms with Gasteiger partial charge in [-0.2, -0.15) is 0 Å². The van der Waals surface area contributed by atoms with Crippen molar-refractivity contribution in [2.24, 2.45) is 0 Å². The third kappa shape index (κ3) is 4.40. The molecule has 1 aromatic rings. The molecule has 2 N–H and O–H groups in total. The molecule has 0 fully saturated rings. The van der Waals surface area contributed by atoms with Gasteiger partial charge in [-0.1, -0.05) is 0 Å². The average Bonchev–Trinajstić information content (AvgIpc) is 2.34. The van der Waals surface area contributed by atoms with Crippen molar-refractivity contribution in [3.63, 3.8) is 0 Å². The quantitative estimate of drug-likeness (QED) is 0.713. The average molecular weight is 237 g/mol. The normalized spacial score (nSPS) is 10.1. The second-order valence-corrected chi connectivity index (χ2v) is 3.98. The van der Waals surface area contributed by atoms with Crippen LogP contribution in [0, 0.1) is 0 Å². The minimum Gasteiger partial charge on any atom is -0.396 e. The molecule has 0 aromatic carbocycles. The number of carbonyl (C=O) groups excluding carboxylic acids is 1. The number of carbonyl (C=O) groups is 1. The first kappa shape index (κ1) is 13.4. The van der Waals surface area contributed by atoms with Crippen molar-refractivity contribution in [2.45, 2.75) is 12.8 Å². The fourth-order valence-electron chi connectivity index (χ4n) is 1.34. The number of nitrogens with zero attached hydrogens (tertiary/aromatic N) is 2. The van der Waals surface area contributed by atoms with Gasteiger partial charge in [0.1, 0.15) is 5.82 Å². The number of aliphatic hydroxyl groups is 1. The molecule has 0 aliphatic heterocycles. The summed E-state index contributed by atoms with van der Waals surface area (Å²) in [6, 6.07) is 3.44. The van der Waals surface area contributed by atoms with Crippen molar-refractivity contribution in [3.05, 3.63) is 23.9 Å². The Hall–Kier alpha value is -1.62. The van der Waals surface area contributed by atoms with E-state index in [1.165, 1.54) is 0 Å². The Bertz CT molecular complexity index is 367. The van der Waals surface area contributed by atoms with E-state index in [-0.39, 0.29) is 12.5 Å².